The first-order valence-electron chi connectivity index (χ1n) is 7.66. The van der Waals surface area contributed by atoms with E-state index in [0.29, 0.717) is 6.54 Å². The third-order valence-electron chi connectivity index (χ3n) is 4.42. The van der Waals surface area contributed by atoms with Gasteiger partial charge in [0.2, 0.25) is 0 Å². The van der Waals surface area contributed by atoms with Gasteiger partial charge in [-0.1, -0.05) is 25.3 Å². The second-order valence-electron chi connectivity index (χ2n) is 5.90. The molecule has 1 saturated carbocycles. The summed E-state index contributed by atoms with van der Waals surface area (Å²) >= 11 is 0. The molecule has 0 aliphatic heterocycles. The van der Waals surface area contributed by atoms with Crippen LogP contribution in [0.5, 0.6) is 0 Å². The first-order valence-corrected chi connectivity index (χ1v) is 7.66. The quantitative estimate of drug-likeness (QED) is 0.931. The van der Waals surface area contributed by atoms with E-state index in [-0.39, 0.29) is 0 Å². The Balaban J connectivity index is 1.84. The SMILES string of the molecule is CN(CC1CCCCC1)c1nc2ccccn2c1CN. The zero-order valence-corrected chi connectivity index (χ0v) is 12.3. The van der Waals surface area contributed by atoms with E-state index in [1.54, 1.807) is 0 Å². The Morgan fingerprint density at radius 2 is 2.10 bits per heavy atom. The van der Waals surface area contributed by atoms with Crippen molar-refractivity contribution < 1.29 is 0 Å². The summed E-state index contributed by atoms with van der Waals surface area (Å²) in [6.45, 7) is 1.62. The van der Waals surface area contributed by atoms with Crippen LogP contribution in [0, 0.1) is 5.92 Å². The summed E-state index contributed by atoms with van der Waals surface area (Å²) in [6.07, 6.45) is 8.93. The molecule has 2 aromatic rings. The minimum Gasteiger partial charge on any atom is -0.358 e. The largest absolute Gasteiger partial charge is 0.358 e. The Hall–Kier alpha value is -1.55. The molecule has 1 aliphatic rings. The maximum atomic E-state index is 5.94. The van der Waals surface area contributed by atoms with Gasteiger partial charge in [-0.05, 0) is 30.9 Å². The maximum absolute atomic E-state index is 5.94. The van der Waals surface area contributed by atoms with Gasteiger partial charge in [-0.2, -0.15) is 0 Å². The minimum atomic E-state index is 0.523. The lowest BCUT2D eigenvalue weighted by molar-refractivity contribution is 0.361. The van der Waals surface area contributed by atoms with Gasteiger partial charge in [-0.3, -0.25) is 0 Å². The van der Waals surface area contributed by atoms with Crippen LogP contribution in [0.1, 0.15) is 37.8 Å². The first kappa shape index (κ1) is 13.4. The van der Waals surface area contributed by atoms with Crippen LogP contribution >= 0.6 is 0 Å². The number of imidazole rings is 1. The van der Waals surface area contributed by atoms with E-state index in [1.807, 2.05) is 24.4 Å². The monoisotopic (exact) mass is 272 g/mol. The van der Waals surface area contributed by atoms with Gasteiger partial charge in [-0.15, -0.1) is 0 Å². The van der Waals surface area contributed by atoms with E-state index in [4.69, 9.17) is 10.7 Å². The third kappa shape index (κ3) is 2.52. The summed E-state index contributed by atoms with van der Waals surface area (Å²) < 4.78 is 2.10. The van der Waals surface area contributed by atoms with Gasteiger partial charge < -0.3 is 15.0 Å². The van der Waals surface area contributed by atoms with Crippen LogP contribution in [0.15, 0.2) is 24.4 Å². The van der Waals surface area contributed by atoms with Crippen LogP contribution in [-0.2, 0) is 6.54 Å². The highest BCUT2D eigenvalue weighted by Gasteiger charge is 2.19. The molecule has 2 N–H and O–H groups in total. The van der Waals surface area contributed by atoms with Crippen LogP contribution < -0.4 is 10.6 Å². The van der Waals surface area contributed by atoms with Gasteiger partial charge in [0.15, 0.2) is 5.82 Å². The number of nitrogens with two attached hydrogens (primary N) is 1. The fourth-order valence-corrected chi connectivity index (χ4v) is 3.37. The van der Waals surface area contributed by atoms with Crippen LogP contribution in [0.2, 0.25) is 0 Å². The number of aromatic nitrogens is 2. The maximum Gasteiger partial charge on any atom is 0.152 e. The van der Waals surface area contributed by atoms with Crippen molar-refractivity contribution in [2.45, 2.75) is 38.6 Å². The van der Waals surface area contributed by atoms with Crippen molar-refractivity contribution in [1.29, 1.82) is 0 Å². The summed E-state index contributed by atoms with van der Waals surface area (Å²) in [5.74, 6) is 1.86. The highest BCUT2D eigenvalue weighted by molar-refractivity contribution is 5.55. The van der Waals surface area contributed by atoms with E-state index in [9.17, 15) is 0 Å². The summed E-state index contributed by atoms with van der Waals surface area (Å²) in [7, 11) is 2.15. The van der Waals surface area contributed by atoms with Crippen LogP contribution in [0.25, 0.3) is 5.65 Å². The number of pyridine rings is 1. The first-order chi connectivity index (χ1) is 9.79. The lowest BCUT2D eigenvalue weighted by atomic mass is 9.89. The molecule has 2 aromatic heterocycles. The van der Waals surface area contributed by atoms with Gasteiger partial charge >= 0.3 is 0 Å². The molecular formula is C16H24N4. The molecule has 4 nitrogen and oxygen atoms in total. The number of hydrogen-bond donors (Lipinski definition) is 1. The molecule has 4 heteroatoms. The summed E-state index contributed by atoms with van der Waals surface area (Å²) in [5.41, 5.74) is 8.04. The van der Waals surface area contributed by atoms with E-state index in [2.05, 4.69) is 16.3 Å². The van der Waals surface area contributed by atoms with Crippen molar-refractivity contribution in [3.8, 4) is 0 Å². The Morgan fingerprint density at radius 3 is 2.85 bits per heavy atom. The third-order valence-corrected chi connectivity index (χ3v) is 4.42. The molecular weight excluding hydrogens is 248 g/mol. The molecule has 3 rings (SSSR count). The molecule has 0 unspecified atom stereocenters. The molecule has 1 aliphatic carbocycles. The molecule has 108 valence electrons. The predicted octanol–water partition coefficient (Wildman–Crippen LogP) is 2.81. The van der Waals surface area contributed by atoms with Crippen molar-refractivity contribution in [1.82, 2.24) is 9.38 Å². The molecule has 2 heterocycles. The normalized spacial score (nSPS) is 16.7. The molecule has 1 fully saturated rings. The van der Waals surface area contributed by atoms with E-state index in [0.717, 1.165) is 29.6 Å². The lowest BCUT2D eigenvalue weighted by Gasteiger charge is -2.27. The topological polar surface area (TPSA) is 46.6 Å². The van der Waals surface area contributed by atoms with Crippen molar-refractivity contribution in [2.75, 3.05) is 18.5 Å². The molecule has 20 heavy (non-hydrogen) atoms. The molecule has 0 atom stereocenters. The number of hydrogen-bond acceptors (Lipinski definition) is 3. The van der Waals surface area contributed by atoms with Gasteiger partial charge in [-0.25, -0.2) is 4.98 Å². The Kier molecular flexibility index (Phi) is 3.92. The zero-order valence-electron chi connectivity index (χ0n) is 12.3. The fraction of sp³-hybridized carbons (Fsp3) is 0.562. The van der Waals surface area contributed by atoms with E-state index < -0.39 is 0 Å². The number of anilines is 1. The average Bonchev–Trinajstić information content (AvgIpc) is 2.87. The Morgan fingerprint density at radius 1 is 1.30 bits per heavy atom. The van der Waals surface area contributed by atoms with Gasteiger partial charge in [0, 0.05) is 26.3 Å². The van der Waals surface area contributed by atoms with Crippen molar-refractivity contribution in [3.63, 3.8) is 0 Å². The van der Waals surface area contributed by atoms with Crippen molar-refractivity contribution >= 4 is 11.5 Å². The van der Waals surface area contributed by atoms with Gasteiger partial charge in [0.1, 0.15) is 5.65 Å². The number of nitrogens with zero attached hydrogens (tertiary/aromatic N) is 3. The Bertz CT molecular complexity index is 569. The van der Waals surface area contributed by atoms with Crippen LogP contribution in [-0.4, -0.2) is 23.0 Å². The van der Waals surface area contributed by atoms with Gasteiger partial charge in [0.25, 0.3) is 0 Å². The molecule has 0 bridgehead atoms. The molecule has 0 radical (unpaired) electrons. The summed E-state index contributed by atoms with van der Waals surface area (Å²) in [4.78, 5) is 7.05. The molecule has 0 saturated heterocycles. The second kappa shape index (κ2) is 5.83. The summed E-state index contributed by atoms with van der Waals surface area (Å²) in [6, 6.07) is 6.09. The van der Waals surface area contributed by atoms with Crippen molar-refractivity contribution in [2.24, 2.45) is 11.7 Å². The van der Waals surface area contributed by atoms with Crippen LogP contribution in [0.3, 0.4) is 0 Å². The molecule has 0 aromatic carbocycles. The highest BCUT2D eigenvalue weighted by Crippen LogP contribution is 2.27. The minimum absolute atomic E-state index is 0.523. The van der Waals surface area contributed by atoms with Gasteiger partial charge in [0.05, 0.1) is 5.69 Å². The second-order valence-corrected chi connectivity index (χ2v) is 5.90. The molecule has 0 spiro atoms. The standard InChI is InChI=1S/C16H24N4/c1-19(12-13-7-3-2-4-8-13)16-14(11-17)20-10-6-5-9-15(20)18-16/h5-6,9-10,13H,2-4,7-8,11-12,17H2,1H3. The van der Waals surface area contributed by atoms with E-state index in [1.165, 1.54) is 32.1 Å². The number of fused-ring (bicyclic) bond motifs is 1. The smallest absolute Gasteiger partial charge is 0.152 e. The number of rotatable bonds is 4. The van der Waals surface area contributed by atoms with Crippen LogP contribution in [0.4, 0.5) is 5.82 Å². The lowest BCUT2D eigenvalue weighted by Crippen LogP contribution is -2.28. The Labute approximate surface area is 120 Å². The predicted molar refractivity (Wildman–Crippen MR) is 82.9 cm³/mol. The average molecular weight is 272 g/mol. The highest BCUT2D eigenvalue weighted by atomic mass is 15.2. The van der Waals surface area contributed by atoms with Crippen molar-refractivity contribution in [3.05, 3.63) is 30.1 Å². The zero-order chi connectivity index (χ0) is 13.9. The van der Waals surface area contributed by atoms with E-state index >= 15 is 0 Å². The molecule has 0 amide bonds. The fourth-order valence-electron chi connectivity index (χ4n) is 3.37. The summed E-state index contributed by atoms with van der Waals surface area (Å²) in [5, 5.41) is 0.